The molecule has 0 spiro atoms. The van der Waals surface area contributed by atoms with Crippen molar-refractivity contribution in [2.45, 2.75) is 83.8 Å². The largest absolute Gasteiger partial charge is 0.481 e. The molecule has 5 nitrogen and oxygen atoms in total. The van der Waals surface area contributed by atoms with Crippen LogP contribution in [0, 0.1) is 23.2 Å². The Hall–Kier alpha value is -1.40. The molecule has 0 aromatic carbocycles. The van der Waals surface area contributed by atoms with E-state index in [2.05, 4.69) is 44.0 Å². The van der Waals surface area contributed by atoms with E-state index in [1.807, 2.05) is 0 Å². The normalized spacial score (nSPS) is 31.5. The quantitative estimate of drug-likeness (QED) is 0.398. The van der Waals surface area contributed by atoms with E-state index in [9.17, 15) is 19.1 Å². The lowest BCUT2D eigenvalue weighted by atomic mass is 9.68. The molecule has 0 saturated carbocycles. The predicted molar refractivity (Wildman–Crippen MR) is 130 cm³/mol. The second-order valence-corrected chi connectivity index (χ2v) is 11.8. The van der Waals surface area contributed by atoms with E-state index in [-0.39, 0.29) is 47.1 Å². The maximum atomic E-state index is 14.0. The van der Waals surface area contributed by atoms with Crippen molar-refractivity contribution >= 4 is 23.5 Å². The number of piperidine rings is 1. The molecule has 4 unspecified atom stereocenters. The molecule has 2 aliphatic carbocycles. The van der Waals surface area contributed by atoms with Gasteiger partial charge in [-0.1, -0.05) is 39.3 Å². The highest BCUT2D eigenvalue weighted by molar-refractivity contribution is 6.20. The van der Waals surface area contributed by atoms with Gasteiger partial charge in [0.2, 0.25) is 5.91 Å². The number of hydrogen-bond acceptors (Lipinski definition) is 3. The molecule has 0 aromatic heterocycles. The van der Waals surface area contributed by atoms with Crippen LogP contribution in [-0.4, -0.2) is 59.1 Å². The summed E-state index contributed by atoms with van der Waals surface area (Å²) < 4.78 is 14.0. The van der Waals surface area contributed by atoms with Crippen molar-refractivity contribution in [1.82, 2.24) is 10.2 Å². The summed E-state index contributed by atoms with van der Waals surface area (Å²) in [6.45, 7) is 11.5. The third kappa shape index (κ3) is 6.82. The molecule has 3 aliphatic rings. The molecule has 0 aromatic rings. The Kier molecular flexibility index (Phi) is 8.66. The van der Waals surface area contributed by atoms with Gasteiger partial charge in [0, 0.05) is 30.1 Å². The number of nitrogens with one attached hydrogen (secondary N) is 1. The highest BCUT2D eigenvalue weighted by Gasteiger charge is 2.39. The lowest BCUT2D eigenvalue weighted by molar-refractivity contribution is -0.142. The zero-order valence-electron chi connectivity index (χ0n) is 20.4. The first kappa shape index (κ1) is 26.2. The molecule has 1 heterocycles. The standard InChI is InChI=1S/C26H40ClFN2O3/c1-16(2)23(29-24(31)18-11-19(25(32)33)13-21(28)12-18)14-30-10-9-22(26(3,4)15-30)17-5-7-20(27)8-6-17/h5,12,16,19-23H,6-11,13-15H2,1-4H3,(H,29,31)(H,32,33)/t19?,20?,21?,22?,23-/m0/s1. The fourth-order valence-electron chi connectivity index (χ4n) is 5.74. The molecule has 1 saturated heterocycles. The molecule has 186 valence electrons. The molecule has 1 aliphatic heterocycles. The molecule has 7 heteroatoms. The highest BCUT2D eigenvalue weighted by atomic mass is 35.5. The highest BCUT2D eigenvalue weighted by Crippen LogP contribution is 2.43. The van der Waals surface area contributed by atoms with E-state index in [0.717, 1.165) is 45.3 Å². The van der Waals surface area contributed by atoms with Gasteiger partial charge in [0.25, 0.3) is 0 Å². The van der Waals surface area contributed by atoms with Crippen LogP contribution in [0.3, 0.4) is 0 Å². The molecular formula is C26H40ClFN2O3. The Morgan fingerprint density at radius 2 is 2.06 bits per heavy atom. The molecule has 5 atom stereocenters. The van der Waals surface area contributed by atoms with Gasteiger partial charge in [-0.25, -0.2) is 4.39 Å². The van der Waals surface area contributed by atoms with Crippen molar-refractivity contribution in [3.63, 3.8) is 0 Å². The topological polar surface area (TPSA) is 69.6 Å². The van der Waals surface area contributed by atoms with E-state index >= 15 is 0 Å². The number of aliphatic carboxylic acids is 1. The molecule has 1 amide bonds. The van der Waals surface area contributed by atoms with Crippen LogP contribution in [0.1, 0.15) is 66.2 Å². The molecule has 0 radical (unpaired) electrons. The Morgan fingerprint density at radius 3 is 2.64 bits per heavy atom. The van der Waals surface area contributed by atoms with Gasteiger partial charge >= 0.3 is 5.97 Å². The minimum Gasteiger partial charge on any atom is -0.481 e. The maximum absolute atomic E-state index is 14.0. The minimum absolute atomic E-state index is 0.0638. The van der Waals surface area contributed by atoms with Crippen LogP contribution in [0.2, 0.25) is 0 Å². The second kappa shape index (κ2) is 10.9. The number of carbonyl (C=O) groups excluding carboxylic acids is 1. The number of carbonyl (C=O) groups is 2. The van der Waals surface area contributed by atoms with Crippen LogP contribution in [0.25, 0.3) is 0 Å². The first-order chi connectivity index (χ1) is 15.5. The summed E-state index contributed by atoms with van der Waals surface area (Å²) in [6.07, 6.45) is 6.51. The predicted octanol–water partition coefficient (Wildman–Crippen LogP) is 4.95. The number of likely N-dealkylation sites (tertiary alicyclic amines) is 1. The van der Waals surface area contributed by atoms with Crippen LogP contribution in [0.15, 0.2) is 23.3 Å². The Balaban J connectivity index is 1.61. The maximum Gasteiger partial charge on any atom is 0.306 e. The van der Waals surface area contributed by atoms with Gasteiger partial charge in [-0.3, -0.25) is 9.59 Å². The summed E-state index contributed by atoms with van der Waals surface area (Å²) in [4.78, 5) is 26.7. The SMILES string of the molecule is CC(C)[C@H](CN1CCC(C2=CCC(Cl)CC2)C(C)(C)C1)NC(=O)C1=CC(F)CC(C(=O)O)C1. The van der Waals surface area contributed by atoms with Crippen molar-refractivity contribution < 1.29 is 19.1 Å². The van der Waals surface area contributed by atoms with Crippen molar-refractivity contribution in [3.05, 3.63) is 23.3 Å². The number of allylic oxidation sites excluding steroid dienone is 3. The Morgan fingerprint density at radius 1 is 1.33 bits per heavy atom. The van der Waals surface area contributed by atoms with Crippen LogP contribution in [0.5, 0.6) is 0 Å². The third-order valence-electron chi connectivity index (χ3n) is 7.71. The Bertz CT molecular complexity index is 794. The fourth-order valence-corrected chi connectivity index (χ4v) is 5.94. The van der Waals surface area contributed by atoms with Gasteiger partial charge in [0.05, 0.1) is 5.92 Å². The van der Waals surface area contributed by atoms with Crippen LogP contribution in [-0.2, 0) is 9.59 Å². The average molecular weight is 483 g/mol. The number of alkyl halides is 2. The fraction of sp³-hybridized carbons (Fsp3) is 0.769. The van der Waals surface area contributed by atoms with E-state index in [4.69, 9.17) is 11.6 Å². The average Bonchev–Trinajstić information content (AvgIpc) is 2.73. The van der Waals surface area contributed by atoms with Gasteiger partial charge in [-0.05, 0) is 68.4 Å². The van der Waals surface area contributed by atoms with Gasteiger partial charge < -0.3 is 15.3 Å². The first-order valence-corrected chi connectivity index (χ1v) is 12.8. The lowest BCUT2D eigenvalue weighted by Crippen LogP contribution is -2.53. The molecular weight excluding hydrogens is 443 g/mol. The third-order valence-corrected chi connectivity index (χ3v) is 8.11. The number of carboxylic acid groups (broad SMARTS) is 1. The van der Waals surface area contributed by atoms with Crippen molar-refractivity contribution in [3.8, 4) is 0 Å². The van der Waals surface area contributed by atoms with Gasteiger partial charge in [-0.15, -0.1) is 11.6 Å². The molecule has 3 rings (SSSR count). The molecule has 33 heavy (non-hydrogen) atoms. The molecule has 0 bridgehead atoms. The number of amides is 1. The number of hydrogen-bond donors (Lipinski definition) is 2. The van der Waals surface area contributed by atoms with E-state index in [1.54, 1.807) is 5.57 Å². The van der Waals surface area contributed by atoms with Gasteiger partial charge in [0.15, 0.2) is 0 Å². The van der Waals surface area contributed by atoms with E-state index < -0.39 is 18.1 Å². The smallest absolute Gasteiger partial charge is 0.306 e. The molecule has 2 N–H and O–H groups in total. The van der Waals surface area contributed by atoms with Gasteiger partial charge in [0.1, 0.15) is 6.17 Å². The number of carboxylic acids is 1. The van der Waals surface area contributed by atoms with Crippen LogP contribution in [0.4, 0.5) is 4.39 Å². The summed E-state index contributed by atoms with van der Waals surface area (Å²) in [6, 6.07) is -0.0834. The lowest BCUT2D eigenvalue weighted by Gasteiger charge is -2.47. The van der Waals surface area contributed by atoms with Crippen LogP contribution < -0.4 is 5.32 Å². The number of nitrogens with zero attached hydrogens (tertiary/aromatic N) is 1. The summed E-state index contributed by atoms with van der Waals surface area (Å²) in [5.41, 5.74) is 1.95. The van der Waals surface area contributed by atoms with Crippen molar-refractivity contribution in [2.75, 3.05) is 19.6 Å². The summed E-state index contributed by atoms with van der Waals surface area (Å²) >= 11 is 6.29. The monoisotopic (exact) mass is 482 g/mol. The zero-order valence-corrected chi connectivity index (χ0v) is 21.2. The zero-order chi connectivity index (χ0) is 24.3. The minimum atomic E-state index is -1.39. The summed E-state index contributed by atoms with van der Waals surface area (Å²) in [5, 5.41) is 12.6. The van der Waals surface area contributed by atoms with Crippen molar-refractivity contribution in [1.29, 1.82) is 0 Å². The van der Waals surface area contributed by atoms with E-state index in [1.165, 1.54) is 6.08 Å². The summed E-state index contributed by atoms with van der Waals surface area (Å²) in [5.74, 6) is -1.45. The number of halogens is 2. The summed E-state index contributed by atoms with van der Waals surface area (Å²) in [7, 11) is 0. The second-order valence-electron chi connectivity index (χ2n) is 11.2. The Labute approximate surface area is 202 Å². The van der Waals surface area contributed by atoms with Crippen molar-refractivity contribution in [2.24, 2.45) is 23.2 Å². The molecule has 1 fully saturated rings. The first-order valence-electron chi connectivity index (χ1n) is 12.4. The van der Waals surface area contributed by atoms with Gasteiger partial charge in [-0.2, -0.15) is 0 Å². The van der Waals surface area contributed by atoms with Crippen LogP contribution >= 0.6 is 11.6 Å². The van der Waals surface area contributed by atoms with E-state index in [0.29, 0.717) is 5.92 Å². The number of rotatable bonds is 7.